The molecule has 7 nitrogen and oxygen atoms in total. The molecule has 0 spiro atoms. The number of piperidine rings is 1. The molecule has 4 heterocycles. The van der Waals surface area contributed by atoms with E-state index in [2.05, 4.69) is 29.1 Å². The monoisotopic (exact) mass is 499 g/mol. The summed E-state index contributed by atoms with van der Waals surface area (Å²) in [7, 11) is 2.15. The first kappa shape index (κ1) is 23.6. The molecule has 2 aliphatic rings. The van der Waals surface area contributed by atoms with Gasteiger partial charge in [-0.1, -0.05) is 24.3 Å². The van der Waals surface area contributed by atoms with Gasteiger partial charge in [-0.05, 0) is 92.0 Å². The zero-order valence-electron chi connectivity index (χ0n) is 20.9. The summed E-state index contributed by atoms with van der Waals surface area (Å²) in [5.74, 6) is -0.770. The van der Waals surface area contributed by atoms with Gasteiger partial charge in [-0.25, -0.2) is 9.37 Å². The van der Waals surface area contributed by atoms with Gasteiger partial charge in [0, 0.05) is 18.4 Å². The van der Waals surface area contributed by atoms with Crippen LogP contribution in [-0.2, 0) is 17.8 Å². The maximum atomic E-state index is 15.5. The molecule has 0 aliphatic carbocycles. The van der Waals surface area contributed by atoms with Gasteiger partial charge in [0.05, 0.1) is 17.4 Å². The molecule has 1 amide bonds. The highest BCUT2D eigenvalue weighted by atomic mass is 19.1. The van der Waals surface area contributed by atoms with E-state index in [-0.39, 0.29) is 5.39 Å². The molecule has 190 valence electrons. The Labute approximate surface area is 214 Å². The Balaban J connectivity index is 1.35. The van der Waals surface area contributed by atoms with Crippen LogP contribution in [-0.4, -0.2) is 45.1 Å². The van der Waals surface area contributed by atoms with Gasteiger partial charge in [-0.2, -0.15) is 0 Å². The molecule has 0 saturated carbocycles. The van der Waals surface area contributed by atoms with Crippen molar-refractivity contribution in [1.29, 1.82) is 0 Å². The lowest BCUT2D eigenvalue weighted by molar-refractivity contribution is -0.120. The van der Waals surface area contributed by atoms with Gasteiger partial charge in [0.25, 0.3) is 5.56 Å². The van der Waals surface area contributed by atoms with E-state index in [4.69, 9.17) is 5.73 Å². The molecule has 2 aromatic carbocycles. The van der Waals surface area contributed by atoms with Crippen molar-refractivity contribution < 1.29 is 9.18 Å². The number of primary amides is 1. The van der Waals surface area contributed by atoms with E-state index in [1.165, 1.54) is 22.4 Å². The number of carbonyl (C=O) groups is 1. The van der Waals surface area contributed by atoms with Gasteiger partial charge >= 0.3 is 0 Å². The highest BCUT2D eigenvalue weighted by Crippen LogP contribution is 2.32. The maximum absolute atomic E-state index is 15.5. The van der Waals surface area contributed by atoms with Crippen LogP contribution < -0.4 is 11.3 Å². The Hall–Kier alpha value is -3.78. The third-order valence-electron chi connectivity index (χ3n) is 8.02. The average Bonchev–Trinajstić information content (AvgIpc) is 3.51. The Morgan fingerprint density at radius 3 is 2.57 bits per heavy atom. The van der Waals surface area contributed by atoms with Crippen molar-refractivity contribution in [2.75, 3.05) is 20.1 Å². The number of rotatable bonds is 5. The third kappa shape index (κ3) is 4.15. The normalized spacial score (nSPS) is 17.2. The predicted molar refractivity (Wildman–Crippen MR) is 141 cm³/mol. The van der Waals surface area contributed by atoms with E-state index in [0.29, 0.717) is 22.6 Å². The van der Waals surface area contributed by atoms with E-state index < -0.39 is 23.3 Å². The molecule has 6 rings (SSSR count). The quantitative estimate of drug-likeness (QED) is 0.452. The number of fused-ring (bicyclic) bond motifs is 2. The first-order valence-corrected chi connectivity index (χ1v) is 12.9. The fraction of sp³-hybridized carbons (Fsp3) is 0.345. The fourth-order valence-corrected chi connectivity index (χ4v) is 5.94. The molecule has 8 heteroatoms. The number of nitrogens with zero attached hydrogens (tertiary/aromatic N) is 4. The third-order valence-corrected chi connectivity index (χ3v) is 8.02. The summed E-state index contributed by atoms with van der Waals surface area (Å²) in [6, 6.07) is 12.1. The number of hydrogen-bond donors (Lipinski definition) is 1. The number of halogens is 1. The second kappa shape index (κ2) is 9.27. The van der Waals surface area contributed by atoms with Crippen molar-refractivity contribution in [3.05, 3.63) is 88.1 Å². The summed E-state index contributed by atoms with van der Waals surface area (Å²) in [5.41, 5.74) is 9.41. The Morgan fingerprint density at radius 1 is 1.08 bits per heavy atom. The zero-order chi connectivity index (χ0) is 25.7. The lowest BCUT2D eigenvalue weighted by Crippen LogP contribution is -2.35. The lowest BCUT2D eigenvalue weighted by atomic mass is 9.88. The molecule has 37 heavy (non-hydrogen) atoms. The fourth-order valence-electron chi connectivity index (χ4n) is 5.94. The SMILES string of the molecule is CN1CCC(c2ccc(-c3cc(F)c4c(=O)n(C(C(N)=O)c5ncn6c5CCC6)ccc4c3)cc2)CC1. The molecule has 1 fully saturated rings. The van der Waals surface area contributed by atoms with Crippen LogP contribution in [0.15, 0.2) is 59.8 Å². The molecule has 0 bridgehead atoms. The Kier molecular flexibility index (Phi) is 5.91. The van der Waals surface area contributed by atoms with Crippen LogP contribution in [0.5, 0.6) is 0 Å². The van der Waals surface area contributed by atoms with Crippen LogP contribution in [0.25, 0.3) is 21.9 Å². The van der Waals surface area contributed by atoms with Crippen LogP contribution in [0.2, 0.25) is 0 Å². The molecule has 2 aliphatic heterocycles. The molecular weight excluding hydrogens is 469 g/mol. The van der Waals surface area contributed by atoms with Crippen LogP contribution >= 0.6 is 0 Å². The number of amides is 1. The van der Waals surface area contributed by atoms with Gasteiger partial charge < -0.3 is 15.2 Å². The number of hydrogen-bond acceptors (Lipinski definition) is 4. The van der Waals surface area contributed by atoms with E-state index in [0.717, 1.165) is 56.6 Å². The number of imidazole rings is 1. The second-order valence-corrected chi connectivity index (χ2v) is 10.3. The van der Waals surface area contributed by atoms with Crippen LogP contribution in [0.3, 0.4) is 0 Å². The Bertz CT molecular complexity index is 1550. The summed E-state index contributed by atoms with van der Waals surface area (Å²) < 4.78 is 18.6. The van der Waals surface area contributed by atoms with E-state index >= 15 is 4.39 Å². The van der Waals surface area contributed by atoms with Crippen molar-refractivity contribution in [2.24, 2.45) is 5.73 Å². The number of aromatic nitrogens is 3. The van der Waals surface area contributed by atoms with Crippen molar-refractivity contribution in [3.63, 3.8) is 0 Å². The number of pyridine rings is 1. The van der Waals surface area contributed by atoms with Gasteiger partial charge in [-0.3, -0.25) is 14.2 Å². The maximum Gasteiger partial charge on any atom is 0.262 e. The molecular formula is C29H30FN5O2. The van der Waals surface area contributed by atoms with E-state index in [1.54, 1.807) is 12.4 Å². The van der Waals surface area contributed by atoms with Crippen molar-refractivity contribution >= 4 is 16.7 Å². The first-order valence-electron chi connectivity index (χ1n) is 12.9. The molecule has 2 aromatic heterocycles. The minimum Gasteiger partial charge on any atom is -0.368 e. The van der Waals surface area contributed by atoms with E-state index in [9.17, 15) is 9.59 Å². The molecule has 1 saturated heterocycles. The van der Waals surface area contributed by atoms with Gasteiger partial charge in [0.1, 0.15) is 5.82 Å². The van der Waals surface area contributed by atoms with Gasteiger partial charge in [-0.15, -0.1) is 0 Å². The molecule has 2 N–H and O–H groups in total. The van der Waals surface area contributed by atoms with Crippen molar-refractivity contribution in [1.82, 2.24) is 19.0 Å². The standard InChI is InChI=1S/C29H30FN5O2/c1-33-12-8-20(9-13-33)18-4-6-19(7-5-18)22-15-21-10-14-35(29(37)25(21)23(30)16-22)27(28(31)36)26-24-3-2-11-34(24)17-32-26/h4-7,10,14-17,20,27H,2-3,8-9,11-13H2,1H3,(H2,31,36). The van der Waals surface area contributed by atoms with Crippen molar-refractivity contribution in [3.8, 4) is 11.1 Å². The van der Waals surface area contributed by atoms with Crippen LogP contribution in [0.1, 0.15) is 48.2 Å². The highest BCUT2D eigenvalue weighted by molar-refractivity contribution is 5.88. The largest absolute Gasteiger partial charge is 0.368 e. The minimum absolute atomic E-state index is 0.0590. The number of likely N-dealkylation sites (tertiary alicyclic amines) is 1. The minimum atomic E-state index is -1.09. The van der Waals surface area contributed by atoms with Gasteiger partial charge in [0.15, 0.2) is 6.04 Å². The number of carbonyl (C=O) groups excluding carboxylic acids is 1. The number of aryl methyl sites for hydroxylation is 1. The number of nitrogens with two attached hydrogens (primary N) is 1. The summed E-state index contributed by atoms with van der Waals surface area (Å²) in [5, 5.41) is 0.422. The van der Waals surface area contributed by atoms with E-state index in [1.807, 2.05) is 22.8 Å². The van der Waals surface area contributed by atoms with Gasteiger partial charge in [0.2, 0.25) is 5.91 Å². The number of benzene rings is 2. The lowest BCUT2D eigenvalue weighted by Gasteiger charge is -2.29. The van der Waals surface area contributed by atoms with Crippen LogP contribution in [0, 0.1) is 5.82 Å². The summed E-state index contributed by atoms with van der Waals surface area (Å²) >= 11 is 0. The summed E-state index contributed by atoms with van der Waals surface area (Å²) in [6.45, 7) is 3.01. The average molecular weight is 500 g/mol. The molecule has 1 unspecified atom stereocenters. The topological polar surface area (TPSA) is 86.2 Å². The molecule has 1 atom stereocenters. The summed E-state index contributed by atoms with van der Waals surface area (Å²) in [4.78, 5) is 32.7. The first-order chi connectivity index (χ1) is 17.9. The molecule has 0 radical (unpaired) electrons. The predicted octanol–water partition coefficient (Wildman–Crippen LogP) is 3.83. The molecule has 4 aromatic rings. The highest BCUT2D eigenvalue weighted by Gasteiger charge is 2.30. The van der Waals surface area contributed by atoms with Crippen LogP contribution in [0.4, 0.5) is 4.39 Å². The zero-order valence-corrected chi connectivity index (χ0v) is 20.9. The summed E-state index contributed by atoms with van der Waals surface area (Å²) in [6.07, 6.45) is 7.17. The second-order valence-electron chi connectivity index (χ2n) is 10.3. The van der Waals surface area contributed by atoms with Crippen molar-refractivity contribution in [2.45, 2.75) is 44.2 Å². The Morgan fingerprint density at radius 2 is 1.84 bits per heavy atom. The smallest absolute Gasteiger partial charge is 0.262 e.